The minimum absolute atomic E-state index is 0.303. The van der Waals surface area contributed by atoms with Crippen molar-refractivity contribution in [2.24, 2.45) is 0 Å². The molecule has 1 aromatic carbocycles. The largest absolute Gasteiger partial charge is 0.304 e. The topological polar surface area (TPSA) is 21.9 Å². The van der Waals surface area contributed by atoms with Crippen molar-refractivity contribution in [2.75, 3.05) is 6.54 Å². The van der Waals surface area contributed by atoms with Gasteiger partial charge in [0.05, 0.1) is 5.54 Å². The van der Waals surface area contributed by atoms with E-state index < -0.39 is 0 Å². The van der Waals surface area contributed by atoms with Gasteiger partial charge < -0.3 is 5.32 Å². The molecule has 1 N–H and O–H groups in total. The molecular weight excluding hydrogens is 158 g/mol. The Kier molecular flexibility index (Phi) is 1.37. The molecule has 1 unspecified atom stereocenters. The van der Waals surface area contributed by atoms with E-state index in [2.05, 4.69) is 30.4 Å². The Morgan fingerprint density at radius 1 is 1.23 bits per heavy atom. The highest BCUT2D eigenvalue weighted by atomic mass is 15.1. The van der Waals surface area contributed by atoms with Gasteiger partial charge in [-0.25, -0.2) is 0 Å². The first-order valence-electron chi connectivity index (χ1n) is 5.15. The van der Waals surface area contributed by atoms with Gasteiger partial charge in [-0.3, -0.25) is 0 Å². The summed E-state index contributed by atoms with van der Waals surface area (Å²) in [6.45, 7) is 3.43. The summed E-state index contributed by atoms with van der Waals surface area (Å²) in [4.78, 5) is 0. The van der Waals surface area contributed by atoms with Gasteiger partial charge in [-0.05, 0) is 42.9 Å². The van der Waals surface area contributed by atoms with Gasteiger partial charge in [-0.2, -0.15) is 0 Å². The van der Waals surface area contributed by atoms with Crippen LogP contribution in [0.25, 0.3) is 0 Å². The van der Waals surface area contributed by atoms with Crippen LogP contribution in [0.15, 0.2) is 18.2 Å². The number of benzene rings is 1. The van der Waals surface area contributed by atoms with Crippen LogP contribution in [0.1, 0.15) is 30.0 Å². The minimum Gasteiger partial charge on any atom is -0.304 e. The van der Waals surface area contributed by atoms with Crippen LogP contribution < -0.4 is 5.32 Å². The van der Waals surface area contributed by atoms with E-state index in [1.165, 1.54) is 24.8 Å². The molecule has 1 fully saturated rings. The maximum absolute atomic E-state index is 3.42. The van der Waals surface area contributed by atoms with E-state index in [0.717, 1.165) is 6.54 Å². The summed E-state index contributed by atoms with van der Waals surface area (Å²) in [5, 5.41) is 3.42. The summed E-state index contributed by atoms with van der Waals surface area (Å²) >= 11 is 0. The van der Waals surface area contributed by atoms with E-state index in [1.807, 2.05) is 0 Å². The maximum atomic E-state index is 3.42. The van der Waals surface area contributed by atoms with Gasteiger partial charge in [-0.15, -0.1) is 0 Å². The Hall–Kier alpha value is -0.820. The van der Waals surface area contributed by atoms with Gasteiger partial charge in [0, 0.05) is 6.54 Å². The van der Waals surface area contributed by atoms with Crippen LogP contribution in [0.5, 0.6) is 0 Å². The Labute approximate surface area is 79.2 Å². The predicted molar refractivity (Wildman–Crippen MR) is 53.8 cm³/mol. The Morgan fingerprint density at radius 2 is 2.00 bits per heavy atom. The van der Waals surface area contributed by atoms with Crippen LogP contribution in [0.4, 0.5) is 0 Å². The zero-order valence-electron chi connectivity index (χ0n) is 8.06. The van der Waals surface area contributed by atoms with Gasteiger partial charge in [0.2, 0.25) is 0 Å². The van der Waals surface area contributed by atoms with Crippen molar-refractivity contribution in [3.05, 3.63) is 34.9 Å². The number of fused-ring (bicyclic) bond motifs is 1. The maximum Gasteiger partial charge on any atom is 0.0533 e. The van der Waals surface area contributed by atoms with Gasteiger partial charge in [0.1, 0.15) is 0 Å². The molecule has 0 spiro atoms. The average Bonchev–Trinajstić information content (AvgIpc) is 2.74. The van der Waals surface area contributed by atoms with E-state index in [4.69, 9.17) is 0 Å². The molecule has 1 aliphatic carbocycles. The van der Waals surface area contributed by atoms with E-state index in [0.29, 0.717) is 5.54 Å². The molecule has 68 valence electrons. The molecule has 0 amide bonds. The smallest absolute Gasteiger partial charge is 0.0533 e. The summed E-state index contributed by atoms with van der Waals surface area (Å²) in [7, 11) is 0. The third kappa shape index (κ3) is 1.11. The van der Waals surface area contributed by atoms with Gasteiger partial charge in [0.15, 0.2) is 0 Å². The first-order valence-corrected chi connectivity index (χ1v) is 5.15. The highest BCUT2D eigenvalue weighted by Gasteiger charge is 2.38. The monoisotopic (exact) mass is 173 g/mol. The number of aryl methyl sites for hydroxylation is 2. The molecule has 13 heavy (non-hydrogen) atoms. The fourth-order valence-electron chi connectivity index (χ4n) is 2.25. The molecule has 1 aliphatic heterocycles. The molecule has 1 aromatic rings. The molecule has 0 radical (unpaired) electrons. The van der Waals surface area contributed by atoms with Crippen LogP contribution in [-0.2, 0) is 18.4 Å². The first-order chi connectivity index (χ1) is 6.28. The van der Waals surface area contributed by atoms with Crippen LogP contribution in [0.3, 0.4) is 0 Å². The molecular formula is C12H15N. The highest BCUT2D eigenvalue weighted by molar-refractivity contribution is 5.40. The lowest BCUT2D eigenvalue weighted by molar-refractivity contribution is 0.762. The Bertz CT molecular complexity index is 350. The van der Waals surface area contributed by atoms with Crippen molar-refractivity contribution in [3.63, 3.8) is 0 Å². The molecule has 1 nitrogen and oxygen atoms in total. The second kappa shape index (κ2) is 2.36. The summed E-state index contributed by atoms with van der Waals surface area (Å²) in [6.07, 6.45) is 3.93. The first kappa shape index (κ1) is 7.57. The van der Waals surface area contributed by atoms with Crippen molar-refractivity contribution >= 4 is 0 Å². The van der Waals surface area contributed by atoms with Crippen LogP contribution in [-0.4, -0.2) is 6.54 Å². The van der Waals surface area contributed by atoms with E-state index >= 15 is 0 Å². The van der Waals surface area contributed by atoms with Crippen LogP contribution >= 0.6 is 0 Å². The standard InChI is InChI=1S/C12H15N/c1-12(8-13-12)11-6-5-9-3-2-4-10(9)7-11/h5-7,13H,2-4,8H2,1H3. The second-order valence-corrected chi connectivity index (χ2v) is 4.52. The van der Waals surface area contributed by atoms with Crippen molar-refractivity contribution in [3.8, 4) is 0 Å². The Balaban J connectivity index is 2.05. The molecule has 1 heterocycles. The van der Waals surface area contributed by atoms with Crippen LogP contribution in [0, 0.1) is 0 Å². The third-order valence-electron chi connectivity index (χ3n) is 3.44. The van der Waals surface area contributed by atoms with E-state index in [1.54, 1.807) is 11.1 Å². The van der Waals surface area contributed by atoms with E-state index in [9.17, 15) is 0 Å². The molecule has 1 atom stereocenters. The third-order valence-corrected chi connectivity index (χ3v) is 3.44. The van der Waals surface area contributed by atoms with Crippen molar-refractivity contribution in [1.82, 2.24) is 5.32 Å². The second-order valence-electron chi connectivity index (χ2n) is 4.52. The number of nitrogens with one attached hydrogen (secondary N) is 1. The van der Waals surface area contributed by atoms with Crippen molar-refractivity contribution in [1.29, 1.82) is 0 Å². The van der Waals surface area contributed by atoms with Gasteiger partial charge in [-0.1, -0.05) is 18.2 Å². The highest BCUT2D eigenvalue weighted by Crippen LogP contribution is 2.33. The number of rotatable bonds is 1. The van der Waals surface area contributed by atoms with Gasteiger partial charge in [0.25, 0.3) is 0 Å². The zero-order valence-corrected chi connectivity index (χ0v) is 8.06. The molecule has 1 heteroatoms. The lowest BCUT2D eigenvalue weighted by Gasteiger charge is -2.09. The normalized spacial score (nSPS) is 30.2. The fourth-order valence-corrected chi connectivity index (χ4v) is 2.25. The zero-order chi connectivity index (χ0) is 8.89. The predicted octanol–water partition coefficient (Wildman–Crippen LogP) is 1.99. The summed E-state index contributed by atoms with van der Waals surface area (Å²) in [6, 6.07) is 7.02. The Morgan fingerprint density at radius 3 is 2.77 bits per heavy atom. The quantitative estimate of drug-likeness (QED) is 0.644. The molecule has 0 aromatic heterocycles. The fraction of sp³-hybridized carbons (Fsp3) is 0.500. The lowest BCUT2D eigenvalue weighted by atomic mass is 9.97. The van der Waals surface area contributed by atoms with Gasteiger partial charge >= 0.3 is 0 Å². The molecule has 0 saturated carbocycles. The van der Waals surface area contributed by atoms with Crippen LogP contribution in [0.2, 0.25) is 0 Å². The summed E-state index contributed by atoms with van der Waals surface area (Å²) in [5.41, 5.74) is 4.95. The van der Waals surface area contributed by atoms with Crippen molar-refractivity contribution in [2.45, 2.75) is 31.7 Å². The van der Waals surface area contributed by atoms with E-state index in [-0.39, 0.29) is 0 Å². The van der Waals surface area contributed by atoms with Crippen molar-refractivity contribution < 1.29 is 0 Å². The summed E-state index contributed by atoms with van der Waals surface area (Å²) in [5.74, 6) is 0. The molecule has 2 aliphatic rings. The minimum atomic E-state index is 0.303. The lowest BCUT2D eigenvalue weighted by Crippen LogP contribution is -2.07. The molecule has 3 rings (SSSR count). The SMILES string of the molecule is CC1(c2ccc3c(c2)CCC3)CN1. The number of hydrogen-bond acceptors (Lipinski definition) is 1. The molecule has 0 bridgehead atoms. The average molecular weight is 173 g/mol. The number of hydrogen-bond donors (Lipinski definition) is 1. The summed E-state index contributed by atoms with van der Waals surface area (Å²) < 4.78 is 0. The molecule has 1 saturated heterocycles.